The van der Waals surface area contributed by atoms with E-state index in [9.17, 15) is 14.7 Å². The van der Waals surface area contributed by atoms with Crippen molar-refractivity contribution in [3.05, 3.63) is 94.0 Å². The zero-order valence-corrected chi connectivity index (χ0v) is 19.8. The summed E-state index contributed by atoms with van der Waals surface area (Å²) in [4.78, 5) is 32.5. The van der Waals surface area contributed by atoms with Crippen molar-refractivity contribution in [3.63, 3.8) is 0 Å². The fourth-order valence-electron chi connectivity index (χ4n) is 3.87. The summed E-state index contributed by atoms with van der Waals surface area (Å²) in [7, 11) is 1.57. The molecular formula is C25H17BrN2O4S. The molecule has 0 bridgehead atoms. The maximum absolute atomic E-state index is 13.3. The quantitative estimate of drug-likeness (QED) is 0.212. The van der Waals surface area contributed by atoms with Crippen LogP contribution in [-0.2, 0) is 9.59 Å². The SMILES string of the molecule is COc1ccc(C2C(=C(O)c3ccccc3)C(=O)C(=O)N2c2nc3ccc(Br)cc3s2)cc1. The van der Waals surface area contributed by atoms with Crippen molar-refractivity contribution in [1.82, 2.24) is 4.98 Å². The molecule has 1 fully saturated rings. The molecule has 3 aromatic carbocycles. The number of nitrogens with zero attached hydrogens (tertiary/aromatic N) is 2. The van der Waals surface area contributed by atoms with E-state index in [1.807, 2.05) is 24.3 Å². The smallest absolute Gasteiger partial charge is 0.301 e. The van der Waals surface area contributed by atoms with Crippen LogP contribution in [0.1, 0.15) is 17.2 Å². The Hall–Kier alpha value is -3.49. The average molecular weight is 521 g/mol. The number of rotatable bonds is 4. The number of aliphatic hydroxyl groups is 1. The second-order valence-corrected chi connectivity index (χ2v) is 9.34. The van der Waals surface area contributed by atoms with Crippen molar-refractivity contribution in [2.24, 2.45) is 0 Å². The maximum atomic E-state index is 13.3. The van der Waals surface area contributed by atoms with Gasteiger partial charge in [0, 0.05) is 10.0 Å². The van der Waals surface area contributed by atoms with Gasteiger partial charge in [0.1, 0.15) is 11.5 Å². The van der Waals surface area contributed by atoms with Gasteiger partial charge in [-0.1, -0.05) is 69.7 Å². The molecule has 2 heterocycles. The lowest BCUT2D eigenvalue weighted by atomic mass is 9.95. The van der Waals surface area contributed by atoms with Gasteiger partial charge in [0.15, 0.2) is 5.13 Å². The molecule has 4 aromatic rings. The predicted octanol–water partition coefficient (Wildman–Crippen LogP) is 5.69. The molecule has 5 rings (SSSR count). The number of aromatic nitrogens is 1. The first-order chi connectivity index (χ1) is 16.0. The number of aliphatic hydroxyl groups excluding tert-OH is 1. The number of methoxy groups -OCH3 is 1. The zero-order chi connectivity index (χ0) is 23.1. The van der Waals surface area contributed by atoms with Gasteiger partial charge in [0.25, 0.3) is 5.78 Å². The predicted molar refractivity (Wildman–Crippen MR) is 132 cm³/mol. The molecule has 0 spiro atoms. The summed E-state index contributed by atoms with van der Waals surface area (Å²) in [5, 5.41) is 11.5. The number of carbonyl (C=O) groups excluding carboxylic acids is 2. The molecule has 1 saturated heterocycles. The third kappa shape index (κ3) is 3.71. The minimum Gasteiger partial charge on any atom is -0.507 e. The van der Waals surface area contributed by atoms with Gasteiger partial charge in [0.2, 0.25) is 0 Å². The monoisotopic (exact) mass is 520 g/mol. The molecule has 8 heteroatoms. The van der Waals surface area contributed by atoms with Crippen molar-refractivity contribution in [3.8, 4) is 5.75 Å². The Morgan fingerprint density at radius 2 is 1.79 bits per heavy atom. The lowest BCUT2D eigenvalue weighted by molar-refractivity contribution is -0.132. The van der Waals surface area contributed by atoms with Crippen LogP contribution in [0.5, 0.6) is 5.75 Å². The van der Waals surface area contributed by atoms with Crippen LogP contribution in [0.15, 0.2) is 82.8 Å². The summed E-state index contributed by atoms with van der Waals surface area (Å²) >= 11 is 4.77. The third-order valence-corrected chi connectivity index (χ3v) is 6.98. The van der Waals surface area contributed by atoms with Gasteiger partial charge in [0.05, 0.1) is 28.9 Å². The molecule has 33 heavy (non-hydrogen) atoms. The highest BCUT2D eigenvalue weighted by atomic mass is 79.9. The molecule has 0 aliphatic carbocycles. The molecule has 0 saturated carbocycles. The molecule has 1 atom stereocenters. The fraction of sp³-hybridized carbons (Fsp3) is 0.0800. The largest absolute Gasteiger partial charge is 0.507 e. The van der Waals surface area contributed by atoms with Gasteiger partial charge in [-0.2, -0.15) is 0 Å². The van der Waals surface area contributed by atoms with Gasteiger partial charge in [-0.05, 0) is 35.9 Å². The van der Waals surface area contributed by atoms with E-state index in [4.69, 9.17) is 4.74 Å². The minimum absolute atomic E-state index is 0.0248. The van der Waals surface area contributed by atoms with Gasteiger partial charge < -0.3 is 9.84 Å². The Kier molecular flexibility index (Phi) is 5.47. The number of hydrogen-bond acceptors (Lipinski definition) is 6. The molecule has 1 aliphatic heterocycles. The number of halogens is 1. The molecule has 1 N–H and O–H groups in total. The van der Waals surface area contributed by atoms with Gasteiger partial charge in [-0.3, -0.25) is 14.5 Å². The van der Waals surface area contributed by atoms with Crippen molar-refractivity contribution in [1.29, 1.82) is 0 Å². The van der Waals surface area contributed by atoms with E-state index in [0.717, 1.165) is 14.7 Å². The number of benzene rings is 3. The number of carbonyl (C=O) groups is 2. The first-order valence-electron chi connectivity index (χ1n) is 10.0. The number of ketones is 1. The van der Waals surface area contributed by atoms with E-state index in [0.29, 0.717) is 22.0 Å². The summed E-state index contributed by atoms with van der Waals surface area (Å²) in [6.07, 6.45) is 0. The van der Waals surface area contributed by atoms with Crippen molar-refractivity contribution in [2.45, 2.75) is 6.04 Å². The Balaban J connectivity index is 1.72. The number of Topliss-reactive ketones (excluding diaryl/α,β-unsaturated/α-hetero) is 1. The molecular weight excluding hydrogens is 504 g/mol. The van der Waals surface area contributed by atoms with Gasteiger partial charge in [-0.25, -0.2) is 4.98 Å². The molecule has 0 radical (unpaired) electrons. The molecule has 1 aromatic heterocycles. The highest BCUT2D eigenvalue weighted by Gasteiger charge is 2.48. The van der Waals surface area contributed by atoms with Gasteiger partial charge in [-0.15, -0.1) is 0 Å². The number of ether oxygens (including phenoxy) is 1. The van der Waals surface area contributed by atoms with E-state index < -0.39 is 17.7 Å². The summed E-state index contributed by atoms with van der Waals surface area (Å²) in [6, 6.07) is 20.6. The summed E-state index contributed by atoms with van der Waals surface area (Å²) in [6.45, 7) is 0. The standard InChI is InChI=1S/C25H17BrN2O4S/c1-32-17-10-7-14(8-11-17)21-20(22(29)15-5-3-2-4-6-15)23(30)24(31)28(21)25-27-18-12-9-16(26)13-19(18)33-25/h2-13,21,29H,1H3. The number of hydrogen-bond donors (Lipinski definition) is 1. The van der Waals surface area contributed by atoms with Crippen LogP contribution in [-0.4, -0.2) is 28.9 Å². The first kappa shape index (κ1) is 21.4. The summed E-state index contributed by atoms with van der Waals surface area (Å²) in [5.41, 5.74) is 1.86. The maximum Gasteiger partial charge on any atom is 0.301 e. The Morgan fingerprint density at radius 1 is 1.06 bits per heavy atom. The highest BCUT2D eigenvalue weighted by molar-refractivity contribution is 9.10. The van der Waals surface area contributed by atoms with Crippen molar-refractivity contribution in [2.75, 3.05) is 12.0 Å². The number of amides is 1. The van der Waals surface area contributed by atoms with Crippen LogP contribution in [0, 0.1) is 0 Å². The fourth-order valence-corrected chi connectivity index (χ4v) is 5.42. The van der Waals surface area contributed by atoms with Crippen LogP contribution in [0.3, 0.4) is 0 Å². The topological polar surface area (TPSA) is 79.7 Å². The number of anilines is 1. The molecule has 1 aliphatic rings. The zero-order valence-electron chi connectivity index (χ0n) is 17.4. The van der Waals surface area contributed by atoms with E-state index in [1.54, 1.807) is 55.6 Å². The third-order valence-electron chi connectivity index (χ3n) is 5.47. The van der Waals surface area contributed by atoms with E-state index in [-0.39, 0.29) is 11.3 Å². The molecule has 164 valence electrons. The average Bonchev–Trinajstić information content (AvgIpc) is 3.37. The lowest BCUT2D eigenvalue weighted by Crippen LogP contribution is -2.29. The van der Waals surface area contributed by atoms with Crippen LogP contribution in [0.2, 0.25) is 0 Å². The Bertz CT molecular complexity index is 1410. The normalized spacial score (nSPS) is 17.6. The highest BCUT2D eigenvalue weighted by Crippen LogP contribution is 2.44. The first-order valence-corrected chi connectivity index (χ1v) is 11.7. The van der Waals surface area contributed by atoms with Crippen molar-refractivity contribution >= 4 is 60.1 Å². The Morgan fingerprint density at radius 3 is 2.48 bits per heavy atom. The molecule has 6 nitrogen and oxygen atoms in total. The minimum atomic E-state index is -0.833. The molecule has 1 amide bonds. The Labute approximate surface area is 201 Å². The summed E-state index contributed by atoms with van der Waals surface area (Å²) in [5.74, 6) is -1.06. The van der Waals surface area contributed by atoms with E-state index in [1.165, 1.54) is 16.2 Å². The lowest BCUT2D eigenvalue weighted by Gasteiger charge is -2.23. The summed E-state index contributed by atoms with van der Waals surface area (Å²) < 4.78 is 7.02. The molecule has 1 unspecified atom stereocenters. The van der Waals surface area contributed by atoms with Crippen molar-refractivity contribution < 1.29 is 19.4 Å². The van der Waals surface area contributed by atoms with Crippen LogP contribution < -0.4 is 9.64 Å². The second kappa shape index (κ2) is 8.46. The van der Waals surface area contributed by atoms with Crippen LogP contribution >= 0.6 is 27.3 Å². The van der Waals surface area contributed by atoms with E-state index in [2.05, 4.69) is 20.9 Å². The number of thiazole rings is 1. The van der Waals surface area contributed by atoms with E-state index >= 15 is 0 Å². The van der Waals surface area contributed by atoms with Crippen LogP contribution in [0.25, 0.3) is 16.0 Å². The van der Waals surface area contributed by atoms with Gasteiger partial charge >= 0.3 is 5.91 Å². The van der Waals surface area contributed by atoms with Crippen LogP contribution in [0.4, 0.5) is 5.13 Å². The second-order valence-electron chi connectivity index (χ2n) is 7.42. The number of fused-ring (bicyclic) bond motifs is 1.